The van der Waals surface area contributed by atoms with Crippen molar-refractivity contribution in [2.24, 2.45) is 5.73 Å². The summed E-state index contributed by atoms with van der Waals surface area (Å²) in [5.74, 6) is 0. The standard InChI is InChI=1S/C14H20ClN3O/c15-10-5-4-6-11(9-10)17-14(19)18-13-8-3-1-2-7-12(13)16/h4-6,9,12-13H,1-3,7-8,16H2,(H2,17,18,19). The number of halogens is 1. The zero-order valence-corrected chi connectivity index (χ0v) is 11.6. The second kappa shape index (κ2) is 6.78. The molecule has 0 aromatic heterocycles. The number of urea groups is 1. The van der Waals surface area contributed by atoms with Crippen LogP contribution in [0.2, 0.25) is 5.02 Å². The lowest BCUT2D eigenvalue weighted by Gasteiger charge is -2.22. The number of benzene rings is 1. The molecule has 1 aliphatic carbocycles. The van der Waals surface area contributed by atoms with Crippen molar-refractivity contribution in [3.63, 3.8) is 0 Å². The van der Waals surface area contributed by atoms with Crippen molar-refractivity contribution in [3.8, 4) is 0 Å². The van der Waals surface area contributed by atoms with E-state index in [2.05, 4.69) is 10.6 Å². The fourth-order valence-corrected chi connectivity index (χ4v) is 2.61. The van der Waals surface area contributed by atoms with Gasteiger partial charge in [-0.15, -0.1) is 0 Å². The lowest BCUT2D eigenvalue weighted by atomic mass is 10.0. The van der Waals surface area contributed by atoms with Crippen LogP contribution >= 0.6 is 11.6 Å². The average molecular weight is 282 g/mol. The molecule has 0 aliphatic heterocycles. The summed E-state index contributed by atoms with van der Waals surface area (Å²) in [6.07, 6.45) is 5.39. The summed E-state index contributed by atoms with van der Waals surface area (Å²) < 4.78 is 0. The van der Waals surface area contributed by atoms with Gasteiger partial charge in [0.15, 0.2) is 0 Å². The van der Waals surface area contributed by atoms with Crippen LogP contribution in [0.25, 0.3) is 0 Å². The molecule has 0 bridgehead atoms. The SMILES string of the molecule is NC1CCCCCC1NC(=O)Nc1cccc(Cl)c1. The van der Waals surface area contributed by atoms with Gasteiger partial charge in [-0.1, -0.05) is 36.9 Å². The summed E-state index contributed by atoms with van der Waals surface area (Å²) >= 11 is 5.87. The van der Waals surface area contributed by atoms with Crippen LogP contribution in [0.15, 0.2) is 24.3 Å². The van der Waals surface area contributed by atoms with Gasteiger partial charge in [-0.05, 0) is 31.0 Å². The quantitative estimate of drug-likeness (QED) is 0.729. The van der Waals surface area contributed by atoms with Gasteiger partial charge in [0, 0.05) is 22.8 Å². The molecule has 4 N–H and O–H groups in total. The summed E-state index contributed by atoms with van der Waals surface area (Å²) in [5.41, 5.74) is 6.77. The van der Waals surface area contributed by atoms with Gasteiger partial charge >= 0.3 is 6.03 Å². The highest BCUT2D eigenvalue weighted by Gasteiger charge is 2.21. The molecule has 0 saturated heterocycles. The lowest BCUT2D eigenvalue weighted by molar-refractivity contribution is 0.245. The van der Waals surface area contributed by atoms with Gasteiger partial charge in [0.1, 0.15) is 0 Å². The van der Waals surface area contributed by atoms with Gasteiger partial charge in [0.05, 0.1) is 0 Å². The summed E-state index contributed by atoms with van der Waals surface area (Å²) in [6.45, 7) is 0. The summed E-state index contributed by atoms with van der Waals surface area (Å²) in [6, 6.07) is 6.98. The fraction of sp³-hybridized carbons (Fsp3) is 0.500. The highest BCUT2D eigenvalue weighted by molar-refractivity contribution is 6.30. The minimum absolute atomic E-state index is 0.0487. The monoisotopic (exact) mass is 281 g/mol. The van der Waals surface area contributed by atoms with Crippen LogP contribution in [0, 0.1) is 0 Å². The summed E-state index contributed by atoms with van der Waals surface area (Å²) in [4.78, 5) is 11.9. The first-order valence-electron chi connectivity index (χ1n) is 6.74. The van der Waals surface area contributed by atoms with E-state index >= 15 is 0 Å². The fourth-order valence-electron chi connectivity index (χ4n) is 2.42. The molecule has 0 spiro atoms. The molecule has 1 aliphatic rings. The van der Waals surface area contributed by atoms with E-state index < -0.39 is 0 Å². The third kappa shape index (κ3) is 4.40. The number of hydrogen-bond acceptors (Lipinski definition) is 2. The molecule has 4 nitrogen and oxygen atoms in total. The molecule has 19 heavy (non-hydrogen) atoms. The van der Waals surface area contributed by atoms with E-state index in [1.165, 1.54) is 6.42 Å². The molecule has 1 aromatic carbocycles. The van der Waals surface area contributed by atoms with E-state index in [1.54, 1.807) is 24.3 Å². The summed E-state index contributed by atoms with van der Waals surface area (Å²) in [5, 5.41) is 6.34. The highest BCUT2D eigenvalue weighted by Crippen LogP contribution is 2.18. The van der Waals surface area contributed by atoms with E-state index in [-0.39, 0.29) is 18.1 Å². The second-order valence-electron chi connectivity index (χ2n) is 5.02. The normalized spacial score (nSPS) is 23.5. The lowest BCUT2D eigenvalue weighted by Crippen LogP contribution is -2.48. The van der Waals surface area contributed by atoms with E-state index in [0.717, 1.165) is 25.7 Å². The molecule has 0 heterocycles. The van der Waals surface area contributed by atoms with Crippen molar-refractivity contribution in [3.05, 3.63) is 29.3 Å². The Bertz CT molecular complexity index is 438. The van der Waals surface area contributed by atoms with Gasteiger partial charge in [-0.3, -0.25) is 0 Å². The maximum atomic E-state index is 11.9. The Hall–Kier alpha value is -1.26. The van der Waals surface area contributed by atoms with Gasteiger partial charge in [-0.25, -0.2) is 4.79 Å². The topological polar surface area (TPSA) is 67.1 Å². The molecule has 2 amide bonds. The van der Waals surface area contributed by atoms with Crippen molar-refractivity contribution in [1.29, 1.82) is 0 Å². The van der Waals surface area contributed by atoms with Gasteiger partial charge < -0.3 is 16.4 Å². The van der Waals surface area contributed by atoms with E-state index in [4.69, 9.17) is 17.3 Å². The molecule has 1 aromatic rings. The molecule has 2 unspecified atom stereocenters. The Morgan fingerprint density at radius 3 is 2.84 bits per heavy atom. The molecule has 5 heteroatoms. The van der Waals surface area contributed by atoms with Crippen molar-refractivity contribution < 1.29 is 4.79 Å². The van der Waals surface area contributed by atoms with Crippen molar-refractivity contribution in [1.82, 2.24) is 5.32 Å². The maximum Gasteiger partial charge on any atom is 0.319 e. The number of rotatable bonds is 2. The Labute approximate surface area is 118 Å². The molecule has 0 radical (unpaired) electrons. The van der Waals surface area contributed by atoms with Crippen LogP contribution in [-0.2, 0) is 0 Å². The van der Waals surface area contributed by atoms with Crippen molar-refractivity contribution >= 4 is 23.3 Å². The number of nitrogens with one attached hydrogen (secondary N) is 2. The Morgan fingerprint density at radius 2 is 2.05 bits per heavy atom. The number of anilines is 1. The number of nitrogens with two attached hydrogens (primary N) is 1. The van der Waals surface area contributed by atoms with Crippen LogP contribution in [0.1, 0.15) is 32.1 Å². The smallest absolute Gasteiger partial charge is 0.319 e. The Balaban J connectivity index is 1.89. The maximum absolute atomic E-state index is 11.9. The van der Waals surface area contributed by atoms with Gasteiger partial charge in [-0.2, -0.15) is 0 Å². The van der Waals surface area contributed by atoms with Crippen LogP contribution < -0.4 is 16.4 Å². The van der Waals surface area contributed by atoms with Gasteiger partial charge in [0.2, 0.25) is 0 Å². The predicted molar refractivity (Wildman–Crippen MR) is 78.5 cm³/mol. The minimum Gasteiger partial charge on any atom is -0.334 e. The molecule has 104 valence electrons. The first kappa shape index (κ1) is 14.2. The molecule has 2 atom stereocenters. The molecule has 1 saturated carbocycles. The third-order valence-corrected chi connectivity index (χ3v) is 3.70. The number of hydrogen-bond donors (Lipinski definition) is 3. The number of carbonyl (C=O) groups is 1. The summed E-state index contributed by atoms with van der Waals surface area (Å²) in [7, 11) is 0. The first-order chi connectivity index (χ1) is 9.15. The Morgan fingerprint density at radius 1 is 1.26 bits per heavy atom. The minimum atomic E-state index is -0.218. The van der Waals surface area contributed by atoms with Crippen LogP contribution in [0.3, 0.4) is 0 Å². The van der Waals surface area contributed by atoms with Crippen LogP contribution in [0.4, 0.5) is 10.5 Å². The van der Waals surface area contributed by atoms with E-state index in [0.29, 0.717) is 10.7 Å². The molecule has 1 fully saturated rings. The number of amides is 2. The second-order valence-corrected chi connectivity index (χ2v) is 5.45. The van der Waals surface area contributed by atoms with Gasteiger partial charge in [0.25, 0.3) is 0 Å². The molecular weight excluding hydrogens is 262 g/mol. The zero-order valence-electron chi connectivity index (χ0n) is 10.9. The highest BCUT2D eigenvalue weighted by atomic mass is 35.5. The van der Waals surface area contributed by atoms with Crippen molar-refractivity contribution in [2.75, 3.05) is 5.32 Å². The van der Waals surface area contributed by atoms with Crippen molar-refractivity contribution in [2.45, 2.75) is 44.2 Å². The third-order valence-electron chi connectivity index (χ3n) is 3.47. The van der Waals surface area contributed by atoms with Crippen LogP contribution in [-0.4, -0.2) is 18.1 Å². The van der Waals surface area contributed by atoms with E-state index in [1.807, 2.05) is 0 Å². The molecule has 2 rings (SSSR count). The first-order valence-corrected chi connectivity index (χ1v) is 7.11. The zero-order chi connectivity index (χ0) is 13.7. The van der Waals surface area contributed by atoms with E-state index in [9.17, 15) is 4.79 Å². The number of carbonyl (C=O) groups excluding carboxylic acids is 1. The largest absolute Gasteiger partial charge is 0.334 e. The van der Waals surface area contributed by atoms with Crippen LogP contribution in [0.5, 0.6) is 0 Å². The predicted octanol–water partition coefficient (Wildman–Crippen LogP) is 3.12. The molecular formula is C14H20ClN3O. The average Bonchev–Trinajstić information content (AvgIpc) is 2.55. The Kier molecular flexibility index (Phi) is 5.05.